The molecule has 126 valence electrons. The molecule has 1 saturated heterocycles. The highest BCUT2D eigenvalue weighted by Crippen LogP contribution is 2.29. The molecule has 0 bridgehead atoms. The predicted octanol–water partition coefficient (Wildman–Crippen LogP) is 3.41. The molecule has 1 aromatic carbocycles. The Hall–Kier alpha value is -1.49. The third-order valence-electron chi connectivity index (χ3n) is 4.19. The lowest BCUT2D eigenvalue weighted by Crippen LogP contribution is -2.43. The van der Waals surface area contributed by atoms with Crippen LogP contribution in [-0.4, -0.2) is 39.7 Å². The second-order valence-electron chi connectivity index (χ2n) is 6.39. The second-order valence-corrected chi connectivity index (χ2v) is 7.52. The number of carbonyl (C=O) groups is 2. The van der Waals surface area contributed by atoms with Gasteiger partial charge in [0.25, 0.3) is 0 Å². The first-order valence-electron chi connectivity index (χ1n) is 8.17. The van der Waals surface area contributed by atoms with Gasteiger partial charge in [-0.25, -0.2) is 0 Å². The molecule has 1 amide bonds. The Labute approximate surface area is 142 Å². The molecule has 23 heavy (non-hydrogen) atoms. The van der Waals surface area contributed by atoms with Crippen molar-refractivity contribution in [3.8, 4) is 0 Å². The first kappa shape index (κ1) is 17.9. The highest BCUT2D eigenvalue weighted by molar-refractivity contribution is 7.99. The Morgan fingerprint density at radius 2 is 2.00 bits per heavy atom. The maximum atomic E-state index is 12.9. The Bertz CT molecular complexity index is 532. The van der Waals surface area contributed by atoms with Crippen LogP contribution in [0.3, 0.4) is 0 Å². The summed E-state index contributed by atoms with van der Waals surface area (Å²) in [4.78, 5) is 25.7. The molecule has 0 aliphatic carbocycles. The van der Waals surface area contributed by atoms with Crippen LogP contribution < -0.4 is 0 Å². The van der Waals surface area contributed by atoms with Gasteiger partial charge in [-0.15, -0.1) is 11.8 Å². The van der Waals surface area contributed by atoms with Gasteiger partial charge in [-0.3, -0.25) is 9.59 Å². The zero-order chi connectivity index (χ0) is 16.8. The topological polar surface area (TPSA) is 57.6 Å². The summed E-state index contributed by atoms with van der Waals surface area (Å²) in [5.74, 6) is 0.298. The minimum absolute atomic E-state index is 0.0555. The minimum atomic E-state index is -0.826. The SMILES string of the molecule is CC(C)C(SCc1ccccc1)C(=O)N1CCCC1CC(=O)O. The highest BCUT2D eigenvalue weighted by atomic mass is 32.2. The fourth-order valence-corrected chi connectivity index (χ4v) is 4.24. The zero-order valence-electron chi connectivity index (χ0n) is 13.8. The fourth-order valence-electron chi connectivity index (χ4n) is 3.01. The van der Waals surface area contributed by atoms with Crippen molar-refractivity contribution >= 4 is 23.6 Å². The molecule has 1 fully saturated rings. The monoisotopic (exact) mass is 335 g/mol. The molecule has 1 aliphatic heterocycles. The van der Waals surface area contributed by atoms with Gasteiger partial charge in [-0.2, -0.15) is 0 Å². The van der Waals surface area contributed by atoms with Crippen LogP contribution in [0.1, 0.15) is 38.7 Å². The molecule has 0 aromatic heterocycles. The van der Waals surface area contributed by atoms with Gasteiger partial charge in [0.1, 0.15) is 0 Å². The largest absolute Gasteiger partial charge is 0.481 e. The number of carbonyl (C=O) groups excluding carboxylic acids is 1. The summed E-state index contributed by atoms with van der Waals surface area (Å²) in [6.45, 7) is 4.80. The molecular weight excluding hydrogens is 310 g/mol. The van der Waals surface area contributed by atoms with Gasteiger partial charge >= 0.3 is 5.97 Å². The number of hydrogen-bond acceptors (Lipinski definition) is 3. The molecule has 1 aromatic rings. The first-order chi connectivity index (χ1) is 11.0. The number of hydrogen-bond donors (Lipinski definition) is 1. The smallest absolute Gasteiger partial charge is 0.305 e. The molecule has 0 spiro atoms. The van der Waals surface area contributed by atoms with Crippen molar-refractivity contribution in [3.63, 3.8) is 0 Å². The average molecular weight is 335 g/mol. The Morgan fingerprint density at radius 1 is 1.30 bits per heavy atom. The van der Waals surface area contributed by atoms with E-state index >= 15 is 0 Å². The molecule has 2 rings (SSSR count). The summed E-state index contributed by atoms with van der Waals surface area (Å²) < 4.78 is 0. The van der Waals surface area contributed by atoms with E-state index in [-0.39, 0.29) is 29.5 Å². The van der Waals surface area contributed by atoms with E-state index in [9.17, 15) is 9.59 Å². The zero-order valence-corrected chi connectivity index (χ0v) is 14.6. The van der Waals surface area contributed by atoms with Crippen molar-refractivity contribution < 1.29 is 14.7 Å². The van der Waals surface area contributed by atoms with Crippen molar-refractivity contribution in [2.45, 2.75) is 50.2 Å². The maximum absolute atomic E-state index is 12.9. The standard InChI is InChI=1S/C18H25NO3S/c1-13(2)17(23-12-14-7-4-3-5-8-14)18(22)19-10-6-9-15(19)11-16(20)21/h3-5,7-8,13,15,17H,6,9-12H2,1-2H3,(H,20,21). The van der Waals surface area contributed by atoms with Crippen LogP contribution in [0.15, 0.2) is 30.3 Å². The third-order valence-corrected chi connectivity index (χ3v) is 5.80. The van der Waals surface area contributed by atoms with E-state index in [1.54, 1.807) is 16.7 Å². The normalized spacial score (nSPS) is 19.1. The summed E-state index contributed by atoms with van der Waals surface area (Å²) in [7, 11) is 0. The number of carboxylic acids is 1. The van der Waals surface area contributed by atoms with Crippen molar-refractivity contribution in [2.24, 2.45) is 5.92 Å². The highest BCUT2D eigenvalue weighted by Gasteiger charge is 2.35. The summed E-state index contributed by atoms with van der Waals surface area (Å²) in [5, 5.41) is 8.91. The number of aliphatic carboxylic acids is 1. The van der Waals surface area contributed by atoms with Crippen LogP contribution in [0.25, 0.3) is 0 Å². The Balaban J connectivity index is 2.01. The van der Waals surface area contributed by atoms with Crippen molar-refractivity contribution in [1.29, 1.82) is 0 Å². The predicted molar refractivity (Wildman–Crippen MR) is 93.4 cm³/mol. The van der Waals surface area contributed by atoms with Gasteiger partial charge in [-0.1, -0.05) is 44.2 Å². The number of rotatable bonds is 7. The summed E-state index contributed by atoms with van der Waals surface area (Å²) in [6.07, 6.45) is 1.75. The molecule has 5 heteroatoms. The molecule has 0 saturated carbocycles. The Kier molecular flexibility index (Phi) is 6.51. The summed E-state index contributed by atoms with van der Waals surface area (Å²) >= 11 is 1.66. The molecule has 1 heterocycles. The van der Waals surface area contributed by atoms with Gasteiger partial charge in [0.2, 0.25) is 5.91 Å². The van der Waals surface area contributed by atoms with E-state index in [2.05, 4.69) is 26.0 Å². The van der Waals surface area contributed by atoms with E-state index in [0.29, 0.717) is 6.54 Å². The lowest BCUT2D eigenvalue weighted by Gasteiger charge is -2.29. The van der Waals surface area contributed by atoms with Gasteiger partial charge in [-0.05, 0) is 24.3 Å². The van der Waals surface area contributed by atoms with E-state index in [1.807, 2.05) is 18.2 Å². The second kappa shape index (κ2) is 8.39. The van der Waals surface area contributed by atoms with E-state index < -0.39 is 5.97 Å². The molecular formula is C18H25NO3S. The molecule has 2 atom stereocenters. The molecule has 4 nitrogen and oxygen atoms in total. The first-order valence-corrected chi connectivity index (χ1v) is 9.21. The van der Waals surface area contributed by atoms with E-state index in [0.717, 1.165) is 18.6 Å². The van der Waals surface area contributed by atoms with Crippen LogP contribution in [0.4, 0.5) is 0 Å². The molecule has 1 N–H and O–H groups in total. The third kappa shape index (κ3) is 4.99. The van der Waals surface area contributed by atoms with Gasteiger partial charge < -0.3 is 10.0 Å². The van der Waals surface area contributed by atoms with Crippen molar-refractivity contribution in [2.75, 3.05) is 6.54 Å². The molecule has 1 aliphatic rings. The average Bonchev–Trinajstić information content (AvgIpc) is 2.95. The van der Waals surface area contributed by atoms with Crippen LogP contribution >= 0.6 is 11.8 Å². The quantitative estimate of drug-likeness (QED) is 0.829. The van der Waals surface area contributed by atoms with E-state index in [4.69, 9.17) is 5.11 Å². The summed E-state index contributed by atoms with van der Waals surface area (Å²) in [6, 6.07) is 9.99. The molecule has 0 radical (unpaired) electrons. The van der Waals surface area contributed by atoms with Crippen LogP contribution in [0.2, 0.25) is 0 Å². The number of thioether (sulfide) groups is 1. The van der Waals surface area contributed by atoms with Crippen molar-refractivity contribution in [1.82, 2.24) is 4.90 Å². The Morgan fingerprint density at radius 3 is 2.61 bits per heavy atom. The number of nitrogens with zero attached hydrogens (tertiary/aromatic N) is 1. The lowest BCUT2D eigenvalue weighted by molar-refractivity contribution is -0.139. The number of carboxylic acid groups (broad SMARTS) is 1. The van der Waals surface area contributed by atoms with Crippen LogP contribution in [-0.2, 0) is 15.3 Å². The summed E-state index contributed by atoms with van der Waals surface area (Å²) in [5.41, 5.74) is 1.21. The minimum Gasteiger partial charge on any atom is -0.481 e. The van der Waals surface area contributed by atoms with E-state index in [1.165, 1.54) is 5.56 Å². The van der Waals surface area contributed by atoms with Crippen molar-refractivity contribution in [3.05, 3.63) is 35.9 Å². The maximum Gasteiger partial charge on any atom is 0.305 e. The lowest BCUT2D eigenvalue weighted by atomic mass is 10.1. The van der Waals surface area contributed by atoms with Crippen LogP contribution in [0, 0.1) is 5.92 Å². The van der Waals surface area contributed by atoms with Gasteiger partial charge in [0.05, 0.1) is 11.7 Å². The van der Waals surface area contributed by atoms with Gasteiger partial charge in [0.15, 0.2) is 0 Å². The molecule has 2 unspecified atom stereocenters. The number of benzene rings is 1. The number of amides is 1. The fraction of sp³-hybridized carbons (Fsp3) is 0.556. The number of likely N-dealkylation sites (tertiary alicyclic amines) is 1. The van der Waals surface area contributed by atoms with Gasteiger partial charge in [0, 0.05) is 18.3 Å². The van der Waals surface area contributed by atoms with Crippen LogP contribution in [0.5, 0.6) is 0 Å².